The molecule has 0 aromatic carbocycles. The van der Waals surface area contributed by atoms with E-state index in [0.29, 0.717) is 18.5 Å². The third-order valence-electron chi connectivity index (χ3n) is 8.69. The zero-order valence-electron chi connectivity index (χ0n) is 25.9. The molecule has 0 atom stereocenters. The minimum atomic E-state index is -0.864. The van der Waals surface area contributed by atoms with Gasteiger partial charge in [0, 0.05) is 62.2 Å². The number of carboxylic acids is 2. The van der Waals surface area contributed by atoms with Crippen LogP contribution >= 0.6 is 0 Å². The number of aryl methyl sites for hydroxylation is 4. The van der Waals surface area contributed by atoms with Crippen molar-refractivity contribution >= 4 is 56.3 Å². The fourth-order valence-corrected chi connectivity index (χ4v) is 6.22. The smallest absolute Gasteiger partial charge is 0.303 e. The first-order valence-corrected chi connectivity index (χ1v) is 14.6. The van der Waals surface area contributed by atoms with Crippen LogP contribution in [0.4, 0.5) is 0 Å². The van der Waals surface area contributed by atoms with Crippen LogP contribution in [0, 0.1) is 13.8 Å². The molecule has 43 heavy (non-hydrogen) atoms. The van der Waals surface area contributed by atoms with E-state index in [1.807, 2.05) is 26.0 Å². The number of rotatable bonds is 8. The number of aromatic amines is 2. The topological polar surface area (TPSA) is 132 Å². The molecule has 0 aliphatic carbocycles. The van der Waals surface area contributed by atoms with Crippen LogP contribution in [0.2, 0.25) is 0 Å². The van der Waals surface area contributed by atoms with Crippen LogP contribution in [0.3, 0.4) is 0 Å². The van der Waals surface area contributed by atoms with Crippen molar-refractivity contribution in [3.8, 4) is 0 Å². The van der Waals surface area contributed by atoms with E-state index < -0.39 is 11.9 Å². The predicted octanol–water partition coefficient (Wildman–Crippen LogP) is 7.64. The summed E-state index contributed by atoms with van der Waals surface area (Å²) in [5.41, 5.74) is 15.4. The molecule has 4 N–H and O–H groups in total. The number of allylic oxidation sites excluding steroid dienone is 4. The van der Waals surface area contributed by atoms with E-state index in [4.69, 9.17) is 9.97 Å². The van der Waals surface area contributed by atoms with Crippen molar-refractivity contribution in [2.45, 2.75) is 80.1 Å². The van der Waals surface area contributed by atoms with E-state index in [0.717, 1.165) is 85.4 Å². The summed E-state index contributed by atoms with van der Waals surface area (Å²) in [5, 5.41) is 18.9. The molecule has 0 amide bonds. The van der Waals surface area contributed by atoms with E-state index in [1.54, 1.807) is 0 Å². The number of aliphatic carboxylic acids is 2. The number of nitrogens with zero attached hydrogens (tertiary/aromatic N) is 2. The molecule has 0 spiro atoms. The summed E-state index contributed by atoms with van der Waals surface area (Å²) in [4.78, 5) is 40.3. The molecule has 5 rings (SSSR count). The fourth-order valence-electron chi connectivity index (χ4n) is 6.22. The van der Waals surface area contributed by atoms with Gasteiger partial charge in [-0.1, -0.05) is 13.8 Å². The fraction of sp³-hybridized carbons (Fsp3) is 0.353. The van der Waals surface area contributed by atoms with Crippen LogP contribution in [-0.2, 0) is 49.7 Å². The monoisotopic (exact) mass is 680 g/mol. The Kier molecular flexibility index (Phi) is 9.78. The van der Waals surface area contributed by atoms with Crippen LogP contribution < -0.4 is 0 Å². The number of hydrogen-bond donors (Lipinski definition) is 4. The molecular formula is C34H38CdN4O4. The van der Waals surface area contributed by atoms with E-state index in [9.17, 15) is 19.8 Å². The van der Waals surface area contributed by atoms with Gasteiger partial charge in [0.1, 0.15) is 0 Å². The van der Waals surface area contributed by atoms with Gasteiger partial charge in [0.15, 0.2) is 0 Å². The van der Waals surface area contributed by atoms with Gasteiger partial charge < -0.3 is 20.2 Å². The molecule has 9 heteroatoms. The first-order valence-electron chi connectivity index (χ1n) is 14.6. The summed E-state index contributed by atoms with van der Waals surface area (Å²) in [6, 6.07) is 8.19. The third-order valence-corrected chi connectivity index (χ3v) is 8.69. The van der Waals surface area contributed by atoms with Gasteiger partial charge >= 0.3 is 11.9 Å². The minimum Gasteiger partial charge on any atom is -0.481 e. The second-order valence-corrected chi connectivity index (χ2v) is 11.2. The molecule has 3 aromatic heterocycles. The standard InChI is InChI=1S/C34H38N4O4.Cd/c1-7-21-17(3)25-13-26-19(5)23(9-11-33(39)40)31(37-26)16-32-24(10-12-34(41)42)20(6)28(38-32)15-30-22(8-2)18(4)27(36-30)14-29(21)35-25;/h13-16,35,38H,7-12H2,1-6H3,(H,39,40)(H,41,42);. The molecule has 2 aliphatic rings. The molecule has 8 nitrogen and oxygen atoms in total. The Morgan fingerprint density at radius 3 is 1.63 bits per heavy atom. The number of hydrogen-bond acceptors (Lipinski definition) is 4. The zero-order valence-corrected chi connectivity index (χ0v) is 29.9. The second-order valence-electron chi connectivity index (χ2n) is 11.2. The van der Waals surface area contributed by atoms with Crippen molar-refractivity contribution in [1.82, 2.24) is 19.9 Å². The first kappa shape index (κ1) is 32.4. The van der Waals surface area contributed by atoms with Gasteiger partial charge in [0.05, 0.1) is 22.8 Å². The largest absolute Gasteiger partial charge is 0.481 e. The van der Waals surface area contributed by atoms with Gasteiger partial charge in [0.2, 0.25) is 0 Å². The maximum Gasteiger partial charge on any atom is 0.303 e. The normalized spacial score (nSPS) is 13.0. The van der Waals surface area contributed by atoms with Gasteiger partial charge in [-0.2, -0.15) is 0 Å². The van der Waals surface area contributed by atoms with Crippen LogP contribution in [0.25, 0.3) is 44.4 Å². The van der Waals surface area contributed by atoms with Crippen molar-refractivity contribution in [1.29, 1.82) is 0 Å². The summed E-state index contributed by atoms with van der Waals surface area (Å²) in [7, 11) is 0. The molecular weight excluding hydrogens is 641 g/mol. The number of nitrogens with one attached hydrogen (secondary N) is 2. The van der Waals surface area contributed by atoms with Crippen molar-refractivity contribution in [3.05, 3.63) is 69.3 Å². The van der Waals surface area contributed by atoms with Gasteiger partial charge in [-0.25, -0.2) is 9.97 Å². The van der Waals surface area contributed by atoms with Crippen LogP contribution in [-0.4, -0.2) is 42.1 Å². The first-order chi connectivity index (χ1) is 20.0. The number of H-pyrrole nitrogens is 2. The van der Waals surface area contributed by atoms with Crippen molar-refractivity contribution in [3.63, 3.8) is 0 Å². The van der Waals surface area contributed by atoms with Gasteiger partial charge in [0.25, 0.3) is 0 Å². The maximum atomic E-state index is 11.5. The van der Waals surface area contributed by atoms with Gasteiger partial charge in [-0.3, -0.25) is 9.59 Å². The Morgan fingerprint density at radius 1 is 0.628 bits per heavy atom. The Hall–Kier alpha value is -3.54. The quantitative estimate of drug-likeness (QED) is 0.181. The average molecular weight is 679 g/mol. The Labute approximate surface area is 271 Å². The number of carbonyl (C=O) groups is 2. The molecule has 0 unspecified atom stereocenters. The summed E-state index contributed by atoms with van der Waals surface area (Å²) in [5.74, 6) is -1.72. The average Bonchev–Trinajstić information content (AvgIpc) is 3.59. The number of fused-ring (bicyclic) bond motifs is 8. The summed E-state index contributed by atoms with van der Waals surface area (Å²) < 4.78 is 0. The molecule has 0 saturated heterocycles. The van der Waals surface area contributed by atoms with Crippen molar-refractivity contribution < 1.29 is 47.1 Å². The summed E-state index contributed by atoms with van der Waals surface area (Å²) in [6.45, 7) is 12.5. The van der Waals surface area contributed by atoms with Crippen LogP contribution in [0.15, 0.2) is 24.3 Å². The van der Waals surface area contributed by atoms with Gasteiger partial charge in [-0.15, -0.1) is 0 Å². The van der Waals surface area contributed by atoms with Crippen molar-refractivity contribution in [2.24, 2.45) is 0 Å². The van der Waals surface area contributed by atoms with Gasteiger partial charge in [-0.05, 0) is 122 Å². The van der Waals surface area contributed by atoms with E-state index in [-0.39, 0.29) is 40.1 Å². The molecule has 0 saturated carbocycles. The second kappa shape index (κ2) is 13.0. The summed E-state index contributed by atoms with van der Waals surface area (Å²) in [6.07, 6.45) is 2.39. The molecule has 0 radical (unpaired) electrons. The van der Waals surface area contributed by atoms with Crippen LogP contribution in [0.5, 0.6) is 0 Å². The van der Waals surface area contributed by atoms with Crippen molar-refractivity contribution in [2.75, 3.05) is 0 Å². The molecule has 0 fully saturated rings. The molecule has 220 valence electrons. The predicted molar refractivity (Wildman–Crippen MR) is 168 cm³/mol. The van der Waals surface area contributed by atoms with E-state index >= 15 is 0 Å². The molecule has 5 heterocycles. The zero-order chi connectivity index (χ0) is 30.3. The molecule has 3 aromatic rings. The van der Waals surface area contributed by atoms with E-state index in [2.05, 4.69) is 49.8 Å². The third kappa shape index (κ3) is 6.25. The summed E-state index contributed by atoms with van der Waals surface area (Å²) >= 11 is 0. The van der Waals surface area contributed by atoms with E-state index in [1.165, 1.54) is 11.1 Å². The van der Waals surface area contributed by atoms with Crippen LogP contribution in [0.1, 0.15) is 98.4 Å². The molecule has 8 bridgehead atoms. The minimum absolute atomic E-state index is 0. The Balaban J connectivity index is 0.00000423. The molecule has 2 aliphatic heterocycles. The number of aromatic nitrogens is 4. The Morgan fingerprint density at radius 2 is 1.07 bits per heavy atom. The SMILES string of the molecule is CCC1=C(C)c2cc3[nH]c(cc4nc(cc5[nH]c(cc1n2)c(C)c5CCC(=O)O)C(CCC(=O)O)=C4C)c(C)c3CC.[Cd]. The number of carboxylic acid groups (broad SMARTS) is 2. The maximum absolute atomic E-state index is 11.5. The Bertz CT molecular complexity index is 1860.